The molecule has 1 saturated heterocycles. The van der Waals surface area contributed by atoms with E-state index < -0.39 is 0 Å². The second kappa shape index (κ2) is 8.97. The number of amides is 1. The van der Waals surface area contributed by atoms with Crippen LogP contribution >= 0.6 is 50.9 Å². The Morgan fingerprint density at radius 2 is 2.11 bits per heavy atom. The van der Waals surface area contributed by atoms with Crippen LogP contribution in [-0.4, -0.2) is 17.7 Å². The van der Waals surface area contributed by atoms with Gasteiger partial charge in [0.2, 0.25) is 0 Å². The maximum atomic E-state index is 12.2. The number of amidine groups is 1. The van der Waals surface area contributed by atoms with Crippen molar-refractivity contribution in [3.63, 3.8) is 0 Å². The topological polar surface area (TPSA) is 50.7 Å². The molecule has 8 heteroatoms. The van der Waals surface area contributed by atoms with Gasteiger partial charge in [0, 0.05) is 0 Å². The van der Waals surface area contributed by atoms with E-state index in [1.54, 1.807) is 30.4 Å². The number of hydrogen-bond acceptors (Lipinski definition) is 4. The van der Waals surface area contributed by atoms with Gasteiger partial charge in [-0.2, -0.15) is 0 Å². The van der Waals surface area contributed by atoms with E-state index in [2.05, 4.69) is 32.8 Å². The van der Waals surface area contributed by atoms with Crippen LogP contribution in [0.1, 0.15) is 5.56 Å². The van der Waals surface area contributed by atoms with E-state index in [-0.39, 0.29) is 5.91 Å². The highest BCUT2D eigenvalue weighted by Gasteiger charge is 2.24. The molecule has 3 rings (SSSR count). The summed E-state index contributed by atoms with van der Waals surface area (Å²) < 4.78 is 6.32. The number of halogens is 3. The molecule has 1 fully saturated rings. The zero-order valence-corrected chi connectivity index (χ0v) is 17.8. The first-order chi connectivity index (χ1) is 13.0. The molecule has 0 atom stereocenters. The number of nitrogens with one attached hydrogen (secondary N) is 1. The second-order valence-corrected chi connectivity index (χ2v) is 8.01. The summed E-state index contributed by atoms with van der Waals surface area (Å²) in [4.78, 5) is 17.1. The highest BCUT2D eigenvalue weighted by atomic mass is 79.9. The summed E-state index contributed by atoms with van der Waals surface area (Å²) in [5.74, 6) is 0.485. The molecule has 0 aliphatic carbocycles. The number of carbonyl (C=O) groups excluding carboxylic acids is 1. The SMILES string of the molecule is C=CCOc1ccc(C=C2SC(=Nc3cccc(Cl)c3Cl)NC2=O)cc1Br. The molecule has 1 aliphatic rings. The van der Waals surface area contributed by atoms with Crippen molar-refractivity contribution in [1.82, 2.24) is 5.32 Å². The summed E-state index contributed by atoms with van der Waals surface area (Å²) in [5.41, 5.74) is 1.35. The number of rotatable bonds is 5. The van der Waals surface area contributed by atoms with Gasteiger partial charge in [-0.3, -0.25) is 4.79 Å². The fourth-order valence-electron chi connectivity index (χ4n) is 2.19. The molecule has 4 nitrogen and oxygen atoms in total. The first kappa shape index (κ1) is 20.0. The number of ether oxygens (including phenoxy) is 1. The summed E-state index contributed by atoms with van der Waals surface area (Å²) in [5, 5.41) is 3.93. The first-order valence-corrected chi connectivity index (χ1v) is 10.1. The molecular formula is C19H13BrCl2N2O2S. The van der Waals surface area contributed by atoms with Gasteiger partial charge in [-0.25, -0.2) is 4.99 Å². The molecule has 1 N–H and O–H groups in total. The van der Waals surface area contributed by atoms with Crippen LogP contribution in [0.25, 0.3) is 6.08 Å². The van der Waals surface area contributed by atoms with E-state index in [0.717, 1.165) is 10.0 Å². The van der Waals surface area contributed by atoms with Gasteiger partial charge in [0.25, 0.3) is 5.91 Å². The number of hydrogen-bond donors (Lipinski definition) is 1. The highest BCUT2D eigenvalue weighted by Crippen LogP contribution is 2.35. The molecule has 1 heterocycles. The van der Waals surface area contributed by atoms with Crippen LogP contribution in [0, 0.1) is 0 Å². The van der Waals surface area contributed by atoms with Crippen LogP contribution in [-0.2, 0) is 4.79 Å². The number of aliphatic imine (C=N–C) groups is 1. The molecule has 0 unspecified atom stereocenters. The van der Waals surface area contributed by atoms with Crippen molar-refractivity contribution in [1.29, 1.82) is 0 Å². The molecule has 0 aromatic heterocycles. The minimum absolute atomic E-state index is 0.222. The van der Waals surface area contributed by atoms with Gasteiger partial charge in [0.15, 0.2) is 5.17 Å². The van der Waals surface area contributed by atoms with E-state index in [9.17, 15) is 4.79 Å². The predicted molar refractivity (Wildman–Crippen MR) is 117 cm³/mol. The number of nitrogens with zero attached hydrogens (tertiary/aromatic N) is 1. The Balaban J connectivity index is 1.81. The van der Waals surface area contributed by atoms with Gasteiger partial charge in [0.05, 0.1) is 25.1 Å². The molecule has 0 spiro atoms. The Labute approximate surface area is 179 Å². The molecule has 0 bridgehead atoms. The summed E-state index contributed by atoms with van der Waals surface area (Å²) >= 11 is 16.8. The zero-order valence-electron chi connectivity index (χ0n) is 13.8. The van der Waals surface area contributed by atoms with Gasteiger partial charge in [0.1, 0.15) is 12.4 Å². The van der Waals surface area contributed by atoms with Gasteiger partial charge in [-0.1, -0.05) is 48.0 Å². The smallest absolute Gasteiger partial charge is 0.264 e. The molecule has 0 saturated carbocycles. The fraction of sp³-hybridized carbons (Fsp3) is 0.0526. The van der Waals surface area contributed by atoms with Crippen molar-refractivity contribution in [2.24, 2.45) is 4.99 Å². The van der Waals surface area contributed by atoms with Crippen LogP contribution in [0.5, 0.6) is 5.75 Å². The van der Waals surface area contributed by atoms with E-state index in [0.29, 0.717) is 38.2 Å². The van der Waals surface area contributed by atoms with Crippen LogP contribution in [0.15, 0.2) is 63.4 Å². The maximum absolute atomic E-state index is 12.2. The quantitative estimate of drug-likeness (QED) is 0.406. The lowest BCUT2D eigenvalue weighted by atomic mass is 10.2. The van der Waals surface area contributed by atoms with E-state index >= 15 is 0 Å². The number of thioether (sulfide) groups is 1. The molecule has 138 valence electrons. The Morgan fingerprint density at radius 3 is 2.85 bits per heavy atom. The molecule has 0 radical (unpaired) electrons. The van der Waals surface area contributed by atoms with Crippen molar-refractivity contribution < 1.29 is 9.53 Å². The third kappa shape index (κ3) is 4.96. The summed E-state index contributed by atoms with van der Waals surface area (Å²) in [6.07, 6.45) is 3.46. The van der Waals surface area contributed by atoms with Gasteiger partial charge >= 0.3 is 0 Å². The maximum Gasteiger partial charge on any atom is 0.264 e. The first-order valence-electron chi connectivity index (χ1n) is 7.75. The third-order valence-corrected chi connectivity index (χ3v) is 5.75. The van der Waals surface area contributed by atoms with Crippen LogP contribution in [0.2, 0.25) is 10.0 Å². The molecule has 2 aromatic carbocycles. The standard InChI is InChI=1S/C19H13BrCl2N2O2S/c1-2-8-26-15-7-6-11(9-12(15)20)10-16-18(25)24-19(27-16)23-14-5-3-4-13(21)17(14)22/h2-7,9-10H,1,8H2,(H,23,24,25). The Morgan fingerprint density at radius 1 is 1.30 bits per heavy atom. The molecule has 2 aromatic rings. The normalized spacial score (nSPS) is 16.6. The summed E-state index contributed by atoms with van der Waals surface area (Å²) in [6.45, 7) is 4.04. The lowest BCUT2D eigenvalue weighted by Gasteiger charge is -2.06. The van der Waals surface area contributed by atoms with Gasteiger partial charge in [-0.15, -0.1) is 0 Å². The lowest BCUT2D eigenvalue weighted by Crippen LogP contribution is -2.19. The number of benzene rings is 2. The monoisotopic (exact) mass is 482 g/mol. The van der Waals surface area contributed by atoms with Crippen molar-refractivity contribution >= 4 is 73.7 Å². The largest absolute Gasteiger partial charge is 0.488 e. The Hall–Kier alpha value is -1.73. The summed E-state index contributed by atoms with van der Waals surface area (Å²) in [6, 6.07) is 10.7. The molecular weight excluding hydrogens is 471 g/mol. The van der Waals surface area contributed by atoms with Gasteiger partial charge < -0.3 is 10.1 Å². The average Bonchev–Trinajstić information content (AvgIpc) is 2.97. The number of carbonyl (C=O) groups is 1. The van der Waals surface area contributed by atoms with E-state index in [4.69, 9.17) is 27.9 Å². The third-order valence-electron chi connectivity index (χ3n) is 3.41. The lowest BCUT2D eigenvalue weighted by molar-refractivity contribution is -0.115. The second-order valence-electron chi connectivity index (χ2n) is 5.34. The Bertz CT molecular complexity index is 976. The molecule has 27 heavy (non-hydrogen) atoms. The van der Waals surface area contributed by atoms with Crippen molar-refractivity contribution in [3.05, 3.63) is 74.0 Å². The van der Waals surface area contributed by atoms with Crippen molar-refractivity contribution in [2.75, 3.05) is 6.61 Å². The Kier molecular flexibility index (Phi) is 6.65. The van der Waals surface area contributed by atoms with Crippen LogP contribution in [0.4, 0.5) is 5.69 Å². The average molecular weight is 484 g/mol. The van der Waals surface area contributed by atoms with E-state index in [1.807, 2.05) is 18.2 Å². The predicted octanol–water partition coefficient (Wildman–Crippen LogP) is 6.21. The van der Waals surface area contributed by atoms with Gasteiger partial charge in [-0.05, 0) is 63.6 Å². The molecule has 1 amide bonds. The zero-order chi connectivity index (χ0) is 19.4. The summed E-state index contributed by atoms with van der Waals surface area (Å²) in [7, 11) is 0. The van der Waals surface area contributed by atoms with Crippen LogP contribution < -0.4 is 10.1 Å². The minimum atomic E-state index is -0.222. The van der Waals surface area contributed by atoms with Crippen molar-refractivity contribution in [2.45, 2.75) is 0 Å². The van der Waals surface area contributed by atoms with Crippen LogP contribution in [0.3, 0.4) is 0 Å². The molecule has 1 aliphatic heterocycles. The fourth-order valence-corrected chi connectivity index (χ4v) is 3.88. The highest BCUT2D eigenvalue weighted by molar-refractivity contribution is 9.10. The van der Waals surface area contributed by atoms with E-state index in [1.165, 1.54) is 11.8 Å². The minimum Gasteiger partial charge on any atom is -0.488 e. The van der Waals surface area contributed by atoms with Crippen molar-refractivity contribution in [3.8, 4) is 5.75 Å².